The number of fused-ring (bicyclic) bond motifs is 1. The van der Waals surface area contributed by atoms with Crippen LogP contribution in [0.1, 0.15) is 38.6 Å². The van der Waals surface area contributed by atoms with E-state index in [1.165, 1.54) is 6.33 Å². The maximum Gasteiger partial charge on any atom is 0.490 e. The highest BCUT2D eigenvalue weighted by atomic mass is 31.3. The quantitative estimate of drug-likeness (QED) is 0.161. The maximum absolute atomic E-state index is 12.2. The molecule has 0 amide bonds. The number of hydrogen-bond donors (Lipinski definition) is 6. The zero-order chi connectivity index (χ0) is 26.7. The van der Waals surface area contributed by atoms with Crippen LogP contribution in [-0.4, -0.2) is 56.4 Å². The first-order chi connectivity index (χ1) is 16.5. The Kier molecular flexibility index (Phi) is 6.66. The minimum Gasteiger partial charge on any atom is -0.369 e. The molecule has 2 fully saturated rings. The zero-order valence-corrected chi connectivity index (χ0v) is 21.1. The van der Waals surface area contributed by atoms with E-state index in [2.05, 4.69) is 29.5 Å². The topological polar surface area (TPSA) is 259 Å². The van der Waals surface area contributed by atoms with E-state index in [0.29, 0.717) is 12.8 Å². The number of nitrogens with one attached hydrogen (secondary N) is 1. The second-order valence-corrected chi connectivity index (χ2v) is 12.7. The van der Waals surface area contributed by atoms with Gasteiger partial charge in [0, 0.05) is 19.3 Å². The Bertz CT molecular complexity index is 1450. The van der Waals surface area contributed by atoms with Gasteiger partial charge < -0.3 is 34.6 Å². The number of phosphoric acid groups is 3. The van der Waals surface area contributed by atoms with Gasteiger partial charge in [-0.1, -0.05) is 6.92 Å². The molecule has 198 valence electrons. The Morgan fingerprint density at radius 3 is 2.53 bits per heavy atom. The number of anilines is 1. The normalized spacial score (nSPS) is 30.9. The number of phosphoric ester groups is 1. The number of rotatable bonds is 11. The predicted molar refractivity (Wildman–Crippen MR) is 120 cm³/mol. The molecule has 2 aromatic heterocycles. The monoisotopic (exact) mass is 569 g/mol. The zero-order valence-electron chi connectivity index (χ0n) is 18.5. The molecule has 4 unspecified atom stereocenters. The van der Waals surface area contributed by atoms with Crippen molar-refractivity contribution in [1.29, 1.82) is 0 Å². The summed E-state index contributed by atoms with van der Waals surface area (Å²) in [6.07, 6.45) is 6.53. The van der Waals surface area contributed by atoms with E-state index in [4.69, 9.17) is 31.2 Å². The van der Waals surface area contributed by atoms with Crippen molar-refractivity contribution in [2.75, 3.05) is 5.73 Å². The lowest BCUT2D eigenvalue weighted by atomic mass is 10.2. The van der Waals surface area contributed by atoms with E-state index in [9.17, 15) is 28.3 Å². The van der Waals surface area contributed by atoms with Crippen molar-refractivity contribution in [3.63, 3.8) is 0 Å². The van der Waals surface area contributed by atoms with E-state index >= 15 is 0 Å². The van der Waals surface area contributed by atoms with Crippen LogP contribution < -0.4 is 11.3 Å². The number of nitrogen functional groups attached to an aromatic ring is 1. The van der Waals surface area contributed by atoms with E-state index < -0.39 is 46.3 Å². The summed E-state index contributed by atoms with van der Waals surface area (Å²) in [5.74, 6) is 2.29. The van der Waals surface area contributed by atoms with E-state index in [0.717, 1.165) is 0 Å². The van der Waals surface area contributed by atoms with Gasteiger partial charge in [-0.2, -0.15) is 13.6 Å². The van der Waals surface area contributed by atoms with E-state index in [1.807, 2.05) is 6.92 Å². The van der Waals surface area contributed by atoms with Crippen molar-refractivity contribution < 1.29 is 51.2 Å². The molecule has 0 aromatic carbocycles. The van der Waals surface area contributed by atoms with Crippen LogP contribution in [0.15, 0.2) is 11.1 Å². The van der Waals surface area contributed by atoms with Gasteiger partial charge in [-0.25, -0.2) is 18.7 Å². The van der Waals surface area contributed by atoms with Crippen LogP contribution in [0, 0.1) is 12.3 Å². The fourth-order valence-electron chi connectivity index (χ4n) is 4.11. The van der Waals surface area contributed by atoms with Crippen molar-refractivity contribution in [1.82, 2.24) is 19.5 Å². The summed E-state index contributed by atoms with van der Waals surface area (Å²) >= 11 is 0. The number of nitrogens with two attached hydrogens (primary N) is 1. The number of terminal acetylenes is 1. The maximum atomic E-state index is 12.2. The Hall–Kier alpha value is -1.92. The van der Waals surface area contributed by atoms with Gasteiger partial charge in [0.15, 0.2) is 11.2 Å². The third kappa shape index (κ3) is 5.50. The van der Waals surface area contributed by atoms with Gasteiger partial charge >= 0.3 is 23.5 Å². The van der Waals surface area contributed by atoms with Crippen molar-refractivity contribution in [3.8, 4) is 12.3 Å². The van der Waals surface area contributed by atoms with E-state index in [-0.39, 0.29) is 36.0 Å². The summed E-state index contributed by atoms with van der Waals surface area (Å²) in [5, 5.41) is 0. The van der Waals surface area contributed by atoms with Crippen LogP contribution >= 0.6 is 23.5 Å². The van der Waals surface area contributed by atoms with Gasteiger partial charge in [0.25, 0.3) is 5.56 Å². The number of nitrogens with zero attached hydrogens (tertiary/aromatic N) is 3. The fraction of sp³-hybridized carbons (Fsp3) is 0.562. The summed E-state index contributed by atoms with van der Waals surface area (Å²) in [6, 6.07) is -0.344. The Balaban J connectivity index is 1.51. The molecule has 0 aliphatic heterocycles. The summed E-state index contributed by atoms with van der Waals surface area (Å²) in [4.78, 5) is 59.2. The lowest BCUT2D eigenvalue weighted by molar-refractivity contribution is -0.0735. The largest absolute Gasteiger partial charge is 0.490 e. The molecule has 0 radical (unpaired) electrons. The van der Waals surface area contributed by atoms with Crippen LogP contribution in [0.2, 0.25) is 0 Å². The lowest BCUT2D eigenvalue weighted by Crippen LogP contribution is -2.30. The van der Waals surface area contributed by atoms with Crippen LogP contribution in [0.5, 0.6) is 0 Å². The smallest absolute Gasteiger partial charge is 0.369 e. The molecule has 2 aromatic rings. The number of hydrogen-bond acceptors (Lipinski definition) is 11. The molecule has 2 heterocycles. The average Bonchev–Trinajstić information content (AvgIpc) is 3.50. The molecule has 2 saturated carbocycles. The Labute approximate surface area is 202 Å². The molecular formula is C16H22N5O12P3. The van der Waals surface area contributed by atoms with E-state index in [1.54, 1.807) is 4.57 Å². The minimum atomic E-state index is -5.67. The van der Waals surface area contributed by atoms with Crippen molar-refractivity contribution in [2.24, 2.45) is 0 Å². The first-order valence-corrected chi connectivity index (χ1v) is 14.7. The lowest BCUT2D eigenvalue weighted by Gasteiger charge is -2.25. The van der Waals surface area contributed by atoms with Crippen LogP contribution in [0.25, 0.3) is 11.2 Å². The average molecular weight is 569 g/mol. The first-order valence-electron chi connectivity index (χ1n) is 10.2. The van der Waals surface area contributed by atoms with Crippen molar-refractivity contribution >= 4 is 40.6 Å². The summed E-state index contributed by atoms with van der Waals surface area (Å²) in [7, 11) is -16.6. The predicted octanol–water partition coefficient (Wildman–Crippen LogP) is 0.690. The number of aromatic amines is 1. The van der Waals surface area contributed by atoms with Crippen LogP contribution in [0.4, 0.5) is 5.95 Å². The molecule has 2 aliphatic carbocycles. The van der Waals surface area contributed by atoms with Gasteiger partial charge in [-0.05, 0) is 6.42 Å². The molecule has 0 bridgehead atoms. The third-order valence-electron chi connectivity index (χ3n) is 5.81. The molecule has 20 heteroatoms. The Morgan fingerprint density at radius 1 is 1.22 bits per heavy atom. The number of ether oxygens (including phenoxy) is 1. The first kappa shape index (κ1) is 27.1. The van der Waals surface area contributed by atoms with Gasteiger partial charge in [0.2, 0.25) is 5.95 Å². The highest BCUT2D eigenvalue weighted by Gasteiger charge is 2.68. The highest BCUT2D eigenvalue weighted by Crippen LogP contribution is 2.69. The SMILES string of the molecule is C#CCC1(O[C@@]2(CC)CC2n2cnc3c(=O)[nH]c(N)nc32)C[C@H]1OP(=O)(O)OP(=O)(O)OP(=O)(O)O. The number of H-pyrrole nitrogens is 1. The van der Waals surface area contributed by atoms with Gasteiger partial charge in [-0.3, -0.25) is 14.3 Å². The molecule has 2 aliphatic rings. The fourth-order valence-corrected chi connectivity index (χ4v) is 7.36. The summed E-state index contributed by atoms with van der Waals surface area (Å²) in [6.45, 7) is 1.83. The molecule has 7 N–H and O–H groups in total. The third-order valence-corrected chi connectivity index (χ3v) is 9.66. The molecule has 17 nitrogen and oxygen atoms in total. The second-order valence-electron chi connectivity index (χ2n) is 8.35. The number of aromatic nitrogens is 4. The number of imidazole rings is 1. The minimum absolute atomic E-state index is 0.00417. The highest BCUT2D eigenvalue weighted by molar-refractivity contribution is 7.66. The summed E-state index contributed by atoms with van der Waals surface area (Å²) < 4.78 is 55.0. The second kappa shape index (κ2) is 8.83. The molecule has 6 atom stereocenters. The molecule has 36 heavy (non-hydrogen) atoms. The Morgan fingerprint density at radius 2 is 1.92 bits per heavy atom. The standard InChI is InChI=1S/C16H22N5O12P3/c1-3-5-16(7-10(16)30-35(26,27)33-36(28,29)32-34(23,24)25)31-15(4-2)6-9(15)21-8-18-11-12(21)19-14(17)20-13(11)22/h1,8-10H,4-7H2,2H3,(H,26,27)(H,28,29)(H2,23,24,25)(H3,17,19,20,22)/t9?,10-,15+,16?/m1/s1. The molecule has 4 rings (SSSR count). The van der Waals surface area contributed by atoms with Crippen LogP contribution in [-0.2, 0) is 31.6 Å². The molecule has 0 spiro atoms. The van der Waals surface area contributed by atoms with Gasteiger partial charge in [0.05, 0.1) is 18.0 Å². The van der Waals surface area contributed by atoms with Gasteiger partial charge in [-0.15, -0.1) is 12.3 Å². The van der Waals surface area contributed by atoms with Crippen LogP contribution in [0.3, 0.4) is 0 Å². The molecular weight excluding hydrogens is 547 g/mol. The van der Waals surface area contributed by atoms with Crippen molar-refractivity contribution in [3.05, 3.63) is 16.7 Å². The van der Waals surface area contributed by atoms with Gasteiger partial charge in [0.1, 0.15) is 11.7 Å². The molecule has 0 saturated heterocycles. The summed E-state index contributed by atoms with van der Waals surface area (Å²) in [5.41, 5.74) is 3.34. The van der Waals surface area contributed by atoms with Crippen molar-refractivity contribution in [2.45, 2.75) is 56.0 Å².